The lowest BCUT2D eigenvalue weighted by Gasteiger charge is -2.23. The van der Waals surface area contributed by atoms with Gasteiger partial charge in [-0.25, -0.2) is 4.79 Å². The highest BCUT2D eigenvalue weighted by molar-refractivity contribution is 5.88. The topological polar surface area (TPSA) is 67.8 Å². The summed E-state index contributed by atoms with van der Waals surface area (Å²) < 4.78 is 10.9. The van der Waals surface area contributed by atoms with Crippen molar-refractivity contribution in [3.8, 4) is 11.5 Å². The molecule has 0 spiro atoms. The number of carbonyl (C=O) groups is 1. The molecule has 5 heteroatoms. The van der Waals surface area contributed by atoms with E-state index in [0.29, 0.717) is 24.0 Å². The van der Waals surface area contributed by atoms with Gasteiger partial charge < -0.3 is 19.9 Å². The summed E-state index contributed by atoms with van der Waals surface area (Å²) in [6, 6.07) is 4.66. The van der Waals surface area contributed by atoms with Gasteiger partial charge in [0.25, 0.3) is 0 Å². The van der Waals surface area contributed by atoms with Crippen molar-refractivity contribution < 1.29 is 19.4 Å². The zero-order valence-electron chi connectivity index (χ0n) is 11.0. The van der Waals surface area contributed by atoms with Gasteiger partial charge in [-0.05, 0) is 37.6 Å². The fraction of sp³-hybridized carbons (Fsp3) is 0.500. The molecule has 2 N–H and O–H groups in total. The lowest BCUT2D eigenvalue weighted by molar-refractivity contribution is 0.0696. The highest BCUT2D eigenvalue weighted by Gasteiger charge is 2.15. The third-order valence-corrected chi connectivity index (χ3v) is 3.28. The van der Waals surface area contributed by atoms with E-state index in [4.69, 9.17) is 14.6 Å². The Hall–Kier alpha value is -1.75. The third kappa shape index (κ3) is 3.61. The highest BCUT2D eigenvalue weighted by atomic mass is 16.5. The third-order valence-electron chi connectivity index (χ3n) is 3.28. The molecule has 0 bridgehead atoms. The van der Waals surface area contributed by atoms with Crippen molar-refractivity contribution in [1.29, 1.82) is 0 Å². The van der Waals surface area contributed by atoms with Gasteiger partial charge in [-0.2, -0.15) is 0 Å². The smallest absolute Gasteiger partial charge is 0.335 e. The number of carboxylic acids is 1. The Bertz CT molecular complexity index is 441. The minimum atomic E-state index is -0.971. The van der Waals surface area contributed by atoms with Crippen LogP contribution in [0.2, 0.25) is 0 Å². The van der Waals surface area contributed by atoms with Gasteiger partial charge in [0.15, 0.2) is 11.5 Å². The minimum Gasteiger partial charge on any atom is -0.493 e. The molecule has 1 saturated heterocycles. The van der Waals surface area contributed by atoms with Crippen molar-refractivity contribution in [3.63, 3.8) is 0 Å². The Labute approximate surface area is 112 Å². The molecule has 0 radical (unpaired) electrons. The summed E-state index contributed by atoms with van der Waals surface area (Å²) in [5, 5.41) is 12.3. The summed E-state index contributed by atoms with van der Waals surface area (Å²) >= 11 is 0. The number of hydrogen-bond donors (Lipinski definition) is 2. The zero-order chi connectivity index (χ0) is 13.7. The molecule has 0 aromatic heterocycles. The van der Waals surface area contributed by atoms with Crippen molar-refractivity contribution in [2.45, 2.75) is 12.8 Å². The summed E-state index contributed by atoms with van der Waals surface area (Å²) in [4.78, 5) is 10.9. The lowest BCUT2D eigenvalue weighted by Crippen LogP contribution is -2.33. The number of nitrogens with one attached hydrogen (secondary N) is 1. The molecule has 5 nitrogen and oxygen atoms in total. The number of carboxylic acid groups (broad SMARTS) is 1. The van der Waals surface area contributed by atoms with E-state index in [0.717, 1.165) is 19.5 Å². The van der Waals surface area contributed by atoms with Gasteiger partial charge in [0.2, 0.25) is 0 Å². The molecule has 1 aromatic rings. The van der Waals surface area contributed by atoms with Crippen molar-refractivity contribution in [2.24, 2.45) is 5.92 Å². The Balaban J connectivity index is 2.00. The van der Waals surface area contributed by atoms with Gasteiger partial charge in [-0.1, -0.05) is 0 Å². The highest BCUT2D eigenvalue weighted by Crippen LogP contribution is 2.28. The first-order chi connectivity index (χ1) is 9.20. The fourth-order valence-electron chi connectivity index (χ4n) is 2.19. The summed E-state index contributed by atoms with van der Waals surface area (Å²) in [5.74, 6) is 0.584. The first-order valence-electron chi connectivity index (χ1n) is 6.45. The van der Waals surface area contributed by atoms with Gasteiger partial charge in [0.05, 0.1) is 19.3 Å². The Morgan fingerprint density at radius 1 is 1.47 bits per heavy atom. The SMILES string of the molecule is COc1cc(C(=O)O)ccc1OCC1CCCNC1. The molecule has 2 rings (SSSR count). The van der Waals surface area contributed by atoms with E-state index in [9.17, 15) is 4.79 Å². The zero-order valence-corrected chi connectivity index (χ0v) is 11.0. The molecular formula is C14H19NO4. The van der Waals surface area contributed by atoms with Crippen LogP contribution < -0.4 is 14.8 Å². The van der Waals surface area contributed by atoms with E-state index in [1.165, 1.54) is 25.7 Å². The van der Waals surface area contributed by atoms with Gasteiger partial charge in [-0.15, -0.1) is 0 Å². The van der Waals surface area contributed by atoms with E-state index in [2.05, 4.69) is 5.32 Å². The molecule has 1 atom stereocenters. The quantitative estimate of drug-likeness (QED) is 0.849. The molecule has 19 heavy (non-hydrogen) atoms. The van der Waals surface area contributed by atoms with Crippen LogP contribution in [0.1, 0.15) is 23.2 Å². The van der Waals surface area contributed by atoms with E-state index >= 15 is 0 Å². The number of hydrogen-bond acceptors (Lipinski definition) is 4. The average Bonchev–Trinajstić information content (AvgIpc) is 2.45. The normalized spacial score (nSPS) is 18.9. The second kappa shape index (κ2) is 6.43. The van der Waals surface area contributed by atoms with Crippen LogP contribution in [0.3, 0.4) is 0 Å². The minimum absolute atomic E-state index is 0.198. The summed E-state index contributed by atoms with van der Waals surface area (Å²) in [7, 11) is 1.51. The second-order valence-electron chi connectivity index (χ2n) is 4.69. The van der Waals surface area contributed by atoms with Gasteiger partial charge in [0.1, 0.15) is 0 Å². The second-order valence-corrected chi connectivity index (χ2v) is 4.69. The molecule has 1 aliphatic rings. The van der Waals surface area contributed by atoms with Crippen molar-refractivity contribution in [1.82, 2.24) is 5.32 Å². The molecule has 0 saturated carbocycles. The van der Waals surface area contributed by atoms with Gasteiger partial charge in [-0.3, -0.25) is 0 Å². The van der Waals surface area contributed by atoms with Crippen molar-refractivity contribution in [3.05, 3.63) is 23.8 Å². The van der Waals surface area contributed by atoms with Crippen LogP contribution in [0, 0.1) is 5.92 Å². The Morgan fingerprint density at radius 3 is 2.95 bits per heavy atom. The van der Waals surface area contributed by atoms with Gasteiger partial charge in [0, 0.05) is 12.5 Å². The van der Waals surface area contributed by atoms with E-state index < -0.39 is 5.97 Å². The summed E-state index contributed by atoms with van der Waals surface area (Å²) in [6.45, 7) is 2.67. The largest absolute Gasteiger partial charge is 0.493 e. The average molecular weight is 265 g/mol. The molecule has 0 aliphatic carbocycles. The monoisotopic (exact) mass is 265 g/mol. The number of rotatable bonds is 5. The molecule has 1 aliphatic heterocycles. The van der Waals surface area contributed by atoms with Gasteiger partial charge >= 0.3 is 5.97 Å². The number of aromatic carboxylic acids is 1. The maximum Gasteiger partial charge on any atom is 0.335 e. The predicted octanol–water partition coefficient (Wildman–Crippen LogP) is 1.77. The number of piperidine rings is 1. The Kier molecular flexibility index (Phi) is 4.63. The molecule has 104 valence electrons. The number of benzene rings is 1. The van der Waals surface area contributed by atoms with Crippen molar-refractivity contribution in [2.75, 3.05) is 26.8 Å². The maximum atomic E-state index is 10.9. The fourth-order valence-corrected chi connectivity index (χ4v) is 2.19. The summed E-state index contributed by atoms with van der Waals surface area (Å²) in [6.07, 6.45) is 2.33. The van der Waals surface area contributed by atoms with E-state index in [1.807, 2.05) is 0 Å². The van der Waals surface area contributed by atoms with Crippen LogP contribution in [0.4, 0.5) is 0 Å². The molecular weight excluding hydrogens is 246 g/mol. The molecule has 1 heterocycles. The summed E-state index contributed by atoms with van der Waals surface area (Å²) in [5.41, 5.74) is 0.198. The standard InChI is InChI=1S/C14H19NO4/c1-18-13-7-11(14(16)17)4-5-12(13)19-9-10-3-2-6-15-8-10/h4-5,7,10,15H,2-3,6,8-9H2,1H3,(H,16,17). The van der Waals surface area contributed by atoms with E-state index in [1.54, 1.807) is 6.07 Å². The van der Waals surface area contributed by atoms with E-state index in [-0.39, 0.29) is 5.56 Å². The van der Waals surface area contributed by atoms with Crippen LogP contribution in [0.5, 0.6) is 11.5 Å². The molecule has 0 amide bonds. The van der Waals surface area contributed by atoms with Crippen LogP contribution >= 0.6 is 0 Å². The molecule has 1 unspecified atom stereocenters. The van der Waals surface area contributed by atoms with Crippen LogP contribution in [-0.4, -0.2) is 37.9 Å². The number of ether oxygens (including phenoxy) is 2. The number of methoxy groups -OCH3 is 1. The first-order valence-corrected chi connectivity index (χ1v) is 6.45. The molecule has 1 fully saturated rings. The molecule has 1 aromatic carbocycles. The van der Waals surface area contributed by atoms with Crippen LogP contribution in [-0.2, 0) is 0 Å². The van der Waals surface area contributed by atoms with Crippen LogP contribution in [0.15, 0.2) is 18.2 Å². The lowest BCUT2D eigenvalue weighted by atomic mass is 10.0. The first kappa shape index (κ1) is 13.7. The van der Waals surface area contributed by atoms with Crippen molar-refractivity contribution >= 4 is 5.97 Å². The predicted molar refractivity (Wildman–Crippen MR) is 71.0 cm³/mol. The van der Waals surface area contributed by atoms with Crippen LogP contribution in [0.25, 0.3) is 0 Å². The maximum absolute atomic E-state index is 10.9. The Morgan fingerprint density at radius 2 is 2.32 bits per heavy atom.